The first-order valence-corrected chi connectivity index (χ1v) is 11.0. The van der Waals surface area contributed by atoms with Gasteiger partial charge in [0.2, 0.25) is 5.91 Å². The Morgan fingerprint density at radius 1 is 1.17 bits per heavy atom. The minimum atomic E-state index is 0.0369. The van der Waals surface area contributed by atoms with Crippen LogP contribution in [0, 0.1) is 5.92 Å². The summed E-state index contributed by atoms with van der Waals surface area (Å²) in [7, 11) is 3.56. The summed E-state index contributed by atoms with van der Waals surface area (Å²) in [4.78, 5) is 20.6. The lowest BCUT2D eigenvalue weighted by Crippen LogP contribution is -2.46. The van der Waals surface area contributed by atoms with Crippen LogP contribution in [0.1, 0.15) is 44.1 Å². The summed E-state index contributed by atoms with van der Waals surface area (Å²) < 4.78 is 5.96. The Labute approximate surface area is 175 Å². The molecule has 1 aliphatic carbocycles. The van der Waals surface area contributed by atoms with Crippen molar-refractivity contribution in [3.05, 3.63) is 35.9 Å². The molecule has 160 valence electrons. The topological polar surface area (TPSA) is 57.2 Å². The monoisotopic (exact) mass is 400 g/mol. The second-order valence-corrected chi connectivity index (χ2v) is 8.51. The van der Waals surface area contributed by atoms with Gasteiger partial charge in [0.15, 0.2) is 5.96 Å². The Morgan fingerprint density at radius 2 is 1.93 bits per heavy atom. The largest absolute Gasteiger partial charge is 0.376 e. The van der Waals surface area contributed by atoms with E-state index in [4.69, 9.17) is 4.74 Å². The number of nitrogens with zero attached hydrogens (tertiary/aromatic N) is 3. The Morgan fingerprint density at radius 3 is 2.66 bits per heavy atom. The Hall–Kier alpha value is -2.08. The van der Waals surface area contributed by atoms with Crippen molar-refractivity contribution < 1.29 is 9.53 Å². The average molecular weight is 401 g/mol. The first-order chi connectivity index (χ1) is 14.1. The molecule has 1 amide bonds. The second kappa shape index (κ2) is 11.2. The number of nitrogens with one attached hydrogen (secondary N) is 1. The van der Waals surface area contributed by atoms with Crippen LogP contribution in [0.4, 0.5) is 0 Å². The van der Waals surface area contributed by atoms with Gasteiger partial charge in [0.1, 0.15) is 6.54 Å². The molecule has 29 heavy (non-hydrogen) atoms. The minimum absolute atomic E-state index is 0.0369. The third-order valence-electron chi connectivity index (χ3n) is 5.85. The Balaban J connectivity index is 1.52. The first-order valence-electron chi connectivity index (χ1n) is 11.0. The number of amides is 1. The maximum atomic E-state index is 12.0. The average Bonchev–Trinajstić information content (AvgIpc) is 3.21. The number of hydrogen-bond acceptors (Lipinski definition) is 3. The van der Waals surface area contributed by atoms with Gasteiger partial charge < -0.3 is 19.9 Å². The van der Waals surface area contributed by atoms with Crippen LogP contribution in [-0.2, 0) is 16.1 Å². The molecule has 0 bridgehead atoms. The van der Waals surface area contributed by atoms with Crippen molar-refractivity contribution in [1.82, 2.24) is 15.1 Å². The van der Waals surface area contributed by atoms with Crippen molar-refractivity contribution in [1.29, 1.82) is 0 Å². The van der Waals surface area contributed by atoms with Crippen LogP contribution in [0.25, 0.3) is 0 Å². The van der Waals surface area contributed by atoms with E-state index in [1.807, 2.05) is 18.2 Å². The number of hydrogen-bond donors (Lipinski definition) is 1. The van der Waals surface area contributed by atoms with Gasteiger partial charge >= 0.3 is 0 Å². The van der Waals surface area contributed by atoms with Crippen LogP contribution in [0.15, 0.2) is 35.3 Å². The highest BCUT2D eigenvalue weighted by molar-refractivity contribution is 5.85. The van der Waals surface area contributed by atoms with Crippen molar-refractivity contribution in [2.45, 2.75) is 51.2 Å². The van der Waals surface area contributed by atoms with Crippen LogP contribution in [-0.4, -0.2) is 68.0 Å². The summed E-state index contributed by atoms with van der Waals surface area (Å²) in [6, 6.07) is 10.8. The number of aliphatic imine (C=N–C) groups is 1. The standard InChI is InChI=1S/C23H36N4O2/c1-26(2)22(28)15-24-23(25-21-11-7-4-8-12-21)27-14-13-20(16-27)18-29-17-19-9-5-3-6-10-19/h3,5-6,9-10,20-21H,4,7-8,11-18H2,1-2H3,(H,24,25). The highest BCUT2D eigenvalue weighted by atomic mass is 16.5. The van der Waals surface area contributed by atoms with Crippen LogP contribution < -0.4 is 5.32 Å². The summed E-state index contributed by atoms with van der Waals surface area (Å²) in [5, 5.41) is 3.66. The number of guanidine groups is 1. The molecule has 1 aliphatic heterocycles. The summed E-state index contributed by atoms with van der Waals surface area (Å²) in [5.74, 6) is 1.44. The number of carbonyl (C=O) groups is 1. The predicted octanol–water partition coefficient (Wildman–Crippen LogP) is 2.89. The quantitative estimate of drug-likeness (QED) is 0.565. The van der Waals surface area contributed by atoms with Gasteiger partial charge in [-0.25, -0.2) is 4.99 Å². The maximum Gasteiger partial charge on any atom is 0.243 e. The molecule has 0 spiro atoms. The molecule has 1 heterocycles. The van der Waals surface area contributed by atoms with Crippen LogP contribution in [0.3, 0.4) is 0 Å². The Kier molecular flexibility index (Phi) is 8.35. The zero-order chi connectivity index (χ0) is 20.5. The second-order valence-electron chi connectivity index (χ2n) is 8.51. The van der Waals surface area contributed by atoms with Crippen LogP contribution in [0.5, 0.6) is 0 Å². The number of ether oxygens (including phenoxy) is 1. The number of rotatable bonds is 7. The van der Waals surface area contributed by atoms with Crippen LogP contribution >= 0.6 is 0 Å². The van der Waals surface area contributed by atoms with E-state index in [1.54, 1.807) is 19.0 Å². The zero-order valence-electron chi connectivity index (χ0n) is 18.0. The molecule has 1 unspecified atom stereocenters. The summed E-state index contributed by atoms with van der Waals surface area (Å²) in [6.07, 6.45) is 7.36. The predicted molar refractivity (Wildman–Crippen MR) is 117 cm³/mol. The molecule has 1 aromatic carbocycles. The molecule has 3 rings (SSSR count). The fraction of sp³-hybridized carbons (Fsp3) is 0.652. The molecule has 0 aromatic heterocycles. The Bertz CT molecular complexity index is 656. The highest BCUT2D eigenvalue weighted by Crippen LogP contribution is 2.20. The number of likely N-dealkylation sites (tertiary alicyclic amines) is 1. The molecule has 0 radical (unpaired) electrons. The lowest BCUT2D eigenvalue weighted by atomic mass is 9.96. The van der Waals surface area contributed by atoms with Gasteiger partial charge in [-0.3, -0.25) is 4.79 Å². The van der Waals surface area contributed by atoms with Crippen molar-refractivity contribution in [3.63, 3.8) is 0 Å². The molecule has 2 aliphatic rings. The first kappa shape index (κ1) is 21.6. The smallest absolute Gasteiger partial charge is 0.243 e. The van der Waals surface area contributed by atoms with E-state index in [2.05, 4.69) is 27.3 Å². The van der Waals surface area contributed by atoms with Gasteiger partial charge in [-0.1, -0.05) is 49.6 Å². The van der Waals surface area contributed by atoms with Gasteiger partial charge in [-0.2, -0.15) is 0 Å². The van der Waals surface area contributed by atoms with Crippen LogP contribution in [0.2, 0.25) is 0 Å². The van der Waals surface area contributed by atoms with E-state index in [1.165, 1.54) is 37.7 Å². The van der Waals surface area contributed by atoms with E-state index >= 15 is 0 Å². The van der Waals surface area contributed by atoms with E-state index in [0.717, 1.165) is 32.1 Å². The summed E-state index contributed by atoms with van der Waals surface area (Å²) >= 11 is 0. The molecule has 1 saturated carbocycles. The third kappa shape index (κ3) is 7.03. The molecule has 1 saturated heterocycles. The van der Waals surface area contributed by atoms with Gasteiger partial charge in [0, 0.05) is 39.1 Å². The lowest BCUT2D eigenvalue weighted by Gasteiger charge is -2.29. The summed E-state index contributed by atoms with van der Waals surface area (Å²) in [5.41, 5.74) is 1.21. The number of carbonyl (C=O) groups excluding carboxylic acids is 1. The van der Waals surface area contributed by atoms with E-state index in [9.17, 15) is 4.79 Å². The van der Waals surface area contributed by atoms with E-state index in [0.29, 0.717) is 18.6 Å². The van der Waals surface area contributed by atoms with Gasteiger partial charge in [0.05, 0.1) is 13.2 Å². The van der Waals surface area contributed by atoms with Gasteiger partial charge in [-0.05, 0) is 24.8 Å². The highest BCUT2D eigenvalue weighted by Gasteiger charge is 2.27. The van der Waals surface area contributed by atoms with Crippen molar-refractivity contribution >= 4 is 11.9 Å². The normalized spacial score (nSPS) is 20.7. The molecule has 1 atom stereocenters. The fourth-order valence-electron chi connectivity index (χ4n) is 4.03. The minimum Gasteiger partial charge on any atom is -0.376 e. The maximum absolute atomic E-state index is 12.0. The van der Waals surface area contributed by atoms with Crippen molar-refractivity contribution in [3.8, 4) is 0 Å². The third-order valence-corrected chi connectivity index (χ3v) is 5.85. The molecular formula is C23H36N4O2. The van der Waals surface area contributed by atoms with E-state index < -0.39 is 0 Å². The molecule has 6 nitrogen and oxygen atoms in total. The molecule has 6 heteroatoms. The van der Waals surface area contributed by atoms with Crippen molar-refractivity contribution in [2.24, 2.45) is 10.9 Å². The molecule has 1 N–H and O–H groups in total. The molecule has 1 aromatic rings. The number of benzene rings is 1. The lowest BCUT2D eigenvalue weighted by molar-refractivity contribution is -0.127. The van der Waals surface area contributed by atoms with Gasteiger partial charge in [0.25, 0.3) is 0 Å². The van der Waals surface area contributed by atoms with Gasteiger partial charge in [-0.15, -0.1) is 0 Å². The molecule has 2 fully saturated rings. The molecular weight excluding hydrogens is 364 g/mol. The fourth-order valence-corrected chi connectivity index (χ4v) is 4.03. The van der Waals surface area contributed by atoms with Crippen molar-refractivity contribution in [2.75, 3.05) is 40.3 Å². The zero-order valence-corrected chi connectivity index (χ0v) is 18.0. The summed E-state index contributed by atoms with van der Waals surface area (Å²) in [6.45, 7) is 3.53. The number of likely N-dealkylation sites (N-methyl/N-ethyl adjacent to an activating group) is 1. The SMILES string of the molecule is CN(C)C(=O)CN=C(NC1CCCCC1)N1CCC(COCc2ccccc2)C1. The van der Waals surface area contributed by atoms with E-state index in [-0.39, 0.29) is 12.5 Å².